The van der Waals surface area contributed by atoms with Crippen LogP contribution in [0.4, 0.5) is 0 Å². The molecule has 156 valence electrons. The van der Waals surface area contributed by atoms with E-state index in [1.54, 1.807) is 18.0 Å². The van der Waals surface area contributed by atoms with Crippen molar-refractivity contribution in [2.45, 2.75) is 77.4 Å². The maximum Gasteiger partial charge on any atom is 0.159 e. The number of carbonyl (C=O) groups excluding carboxylic acids is 1. The van der Waals surface area contributed by atoms with Crippen molar-refractivity contribution in [2.75, 3.05) is 0 Å². The van der Waals surface area contributed by atoms with Gasteiger partial charge in [0.05, 0.1) is 18.0 Å². The molecule has 1 aromatic rings. The maximum atomic E-state index is 13.2. The number of ketones is 1. The van der Waals surface area contributed by atoms with Crippen LogP contribution in [0, 0.1) is 40.4 Å². The van der Waals surface area contributed by atoms with E-state index in [1.165, 1.54) is 24.1 Å². The largest absolute Gasteiger partial charge is 0.390 e. The molecular weight excluding hydrogens is 362 g/mol. The maximum absolute atomic E-state index is 13.2. The molecule has 1 heterocycles. The topological polar surface area (TPSA) is 68.0 Å². The fraction of sp³-hybridized carbons (Fsp3) is 0.792. The van der Waals surface area contributed by atoms with Gasteiger partial charge in [0.1, 0.15) is 6.54 Å². The van der Waals surface area contributed by atoms with Gasteiger partial charge in [-0.3, -0.25) is 4.79 Å². The Labute approximate surface area is 172 Å². The molecule has 29 heavy (non-hydrogen) atoms. The number of nitrogens with zero attached hydrogens (tertiary/aromatic N) is 3. The van der Waals surface area contributed by atoms with Gasteiger partial charge < -0.3 is 5.11 Å². The third-order valence-electron chi connectivity index (χ3n) is 10.1. The zero-order valence-corrected chi connectivity index (χ0v) is 17.7. The summed E-state index contributed by atoms with van der Waals surface area (Å²) in [6, 6.07) is 0. The molecule has 0 aliphatic heterocycles. The monoisotopic (exact) mass is 395 g/mol. The summed E-state index contributed by atoms with van der Waals surface area (Å²) < 4.78 is 0. The van der Waals surface area contributed by atoms with E-state index in [2.05, 4.69) is 30.1 Å². The Bertz CT molecular complexity index is 879. The molecule has 0 radical (unpaired) electrons. The third-order valence-corrected chi connectivity index (χ3v) is 10.1. The van der Waals surface area contributed by atoms with Crippen LogP contribution in [0.2, 0.25) is 0 Å². The first kappa shape index (κ1) is 18.3. The number of aromatic nitrogens is 3. The number of hydrogen-bond acceptors (Lipinski definition) is 4. The Morgan fingerprint density at radius 2 is 1.86 bits per heavy atom. The van der Waals surface area contributed by atoms with E-state index in [1.807, 2.05) is 0 Å². The molecule has 5 aliphatic rings. The highest BCUT2D eigenvalue weighted by Crippen LogP contribution is 2.71. The van der Waals surface area contributed by atoms with Gasteiger partial charge in [-0.15, -0.1) is 0 Å². The van der Waals surface area contributed by atoms with Gasteiger partial charge in [-0.05, 0) is 85.9 Å². The highest BCUT2D eigenvalue weighted by Gasteiger charge is 2.67. The van der Waals surface area contributed by atoms with Crippen LogP contribution in [0.25, 0.3) is 0 Å². The average molecular weight is 396 g/mol. The SMILES string of the molecule is C[C@]12CC=C3[C@@H](CC[C@H]4C5C[C@@]5(O)CC[C@]34C)[C@@H]1CC[C@@H]2C(=O)Cn1nccn1. The molecule has 4 saturated carbocycles. The van der Waals surface area contributed by atoms with Gasteiger partial charge in [0.15, 0.2) is 5.78 Å². The van der Waals surface area contributed by atoms with E-state index in [-0.39, 0.29) is 22.3 Å². The lowest BCUT2D eigenvalue weighted by Crippen LogP contribution is -2.49. The second-order valence-electron chi connectivity index (χ2n) is 11.3. The number of allylic oxidation sites excluding steroid dienone is 2. The van der Waals surface area contributed by atoms with E-state index in [9.17, 15) is 9.90 Å². The zero-order chi connectivity index (χ0) is 20.0. The van der Waals surface area contributed by atoms with Gasteiger partial charge >= 0.3 is 0 Å². The minimum Gasteiger partial charge on any atom is -0.390 e. The summed E-state index contributed by atoms with van der Waals surface area (Å²) in [6.07, 6.45) is 14.7. The molecule has 1 N–H and O–H groups in total. The van der Waals surface area contributed by atoms with Crippen molar-refractivity contribution in [2.24, 2.45) is 40.4 Å². The molecule has 6 rings (SSSR count). The molecule has 5 heteroatoms. The average Bonchev–Trinajstić information content (AvgIpc) is 3.02. The molecule has 8 atom stereocenters. The molecule has 1 aromatic heterocycles. The van der Waals surface area contributed by atoms with Crippen molar-refractivity contribution in [3.05, 3.63) is 24.0 Å². The number of fused-ring (bicyclic) bond motifs is 7. The molecule has 0 saturated heterocycles. The Morgan fingerprint density at radius 3 is 2.66 bits per heavy atom. The van der Waals surface area contributed by atoms with E-state index in [0.29, 0.717) is 36.0 Å². The Hall–Kier alpha value is -1.49. The third kappa shape index (κ3) is 2.40. The fourth-order valence-corrected chi connectivity index (χ4v) is 8.50. The van der Waals surface area contributed by atoms with Crippen molar-refractivity contribution in [1.82, 2.24) is 15.0 Å². The molecule has 5 aliphatic carbocycles. The first-order chi connectivity index (χ1) is 13.9. The van der Waals surface area contributed by atoms with Crippen LogP contribution in [0.3, 0.4) is 0 Å². The van der Waals surface area contributed by atoms with E-state index in [4.69, 9.17) is 0 Å². The summed E-state index contributed by atoms with van der Waals surface area (Å²) in [5, 5.41) is 19.0. The van der Waals surface area contributed by atoms with Gasteiger partial charge in [0.2, 0.25) is 0 Å². The molecule has 0 amide bonds. The molecule has 1 unspecified atom stereocenters. The van der Waals surface area contributed by atoms with Gasteiger partial charge in [0.25, 0.3) is 0 Å². The van der Waals surface area contributed by atoms with Gasteiger partial charge in [-0.25, -0.2) is 0 Å². The van der Waals surface area contributed by atoms with Crippen molar-refractivity contribution in [3.8, 4) is 0 Å². The predicted octanol–water partition coefficient (Wildman–Crippen LogP) is 3.79. The van der Waals surface area contributed by atoms with Crippen LogP contribution < -0.4 is 0 Å². The molecule has 5 nitrogen and oxygen atoms in total. The molecule has 0 aromatic carbocycles. The summed E-state index contributed by atoms with van der Waals surface area (Å²) in [7, 11) is 0. The minimum atomic E-state index is -0.327. The van der Waals surface area contributed by atoms with E-state index < -0.39 is 0 Å². The van der Waals surface area contributed by atoms with Gasteiger partial charge in [0, 0.05) is 5.92 Å². The highest BCUT2D eigenvalue weighted by atomic mass is 16.3. The van der Waals surface area contributed by atoms with Crippen molar-refractivity contribution in [3.63, 3.8) is 0 Å². The van der Waals surface area contributed by atoms with Gasteiger partial charge in [-0.2, -0.15) is 15.0 Å². The lowest BCUT2D eigenvalue weighted by Gasteiger charge is -2.56. The van der Waals surface area contributed by atoms with Crippen LogP contribution in [0.15, 0.2) is 24.0 Å². The van der Waals surface area contributed by atoms with Crippen molar-refractivity contribution in [1.29, 1.82) is 0 Å². The summed E-state index contributed by atoms with van der Waals surface area (Å²) >= 11 is 0. The number of aliphatic hydroxyl groups is 1. The van der Waals surface area contributed by atoms with Crippen LogP contribution in [-0.4, -0.2) is 31.5 Å². The normalized spacial score (nSPS) is 50.0. The second kappa shape index (κ2) is 5.81. The summed E-state index contributed by atoms with van der Waals surface area (Å²) in [4.78, 5) is 14.7. The lowest BCUT2D eigenvalue weighted by atomic mass is 9.48. The van der Waals surface area contributed by atoms with Crippen LogP contribution >= 0.6 is 0 Å². The zero-order valence-electron chi connectivity index (χ0n) is 17.7. The number of rotatable bonds is 3. The van der Waals surface area contributed by atoms with Crippen molar-refractivity contribution >= 4 is 5.78 Å². The lowest BCUT2D eigenvalue weighted by molar-refractivity contribution is -0.128. The quantitative estimate of drug-likeness (QED) is 0.791. The van der Waals surface area contributed by atoms with E-state index >= 15 is 0 Å². The van der Waals surface area contributed by atoms with Crippen molar-refractivity contribution < 1.29 is 9.90 Å². The first-order valence-electron chi connectivity index (χ1n) is 11.6. The fourth-order valence-electron chi connectivity index (χ4n) is 8.50. The molecule has 0 spiro atoms. The van der Waals surface area contributed by atoms with Crippen LogP contribution in [-0.2, 0) is 11.3 Å². The summed E-state index contributed by atoms with van der Waals surface area (Å²) in [6.45, 7) is 5.18. The Morgan fingerprint density at radius 1 is 1.10 bits per heavy atom. The smallest absolute Gasteiger partial charge is 0.159 e. The Kier molecular flexibility index (Phi) is 3.66. The summed E-state index contributed by atoms with van der Waals surface area (Å²) in [5.74, 6) is 2.90. The number of carbonyl (C=O) groups is 1. The Balaban J connectivity index is 1.28. The van der Waals surface area contributed by atoms with Gasteiger partial charge in [-0.1, -0.05) is 25.5 Å². The summed E-state index contributed by atoms with van der Waals surface area (Å²) in [5.41, 5.74) is 1.73. The standard InChI is InChI=1S/C24H33N3O2/c1-22-8-7-17-15(3-4-18-20-13-24(20,29)10-9-23(17,18)2)16(22)5-6-19(22)21(28)14-27-25-11-12-26-27/h7,11-12,15-16,18-20,29H,3-6,8-10,13-14H2,1-2H3/t15-,16-,18-,19+,20?,22-,23+,24-/m0/s1. The van der Waals surface area contributed by atoms with Crippen LogP contribution in [0.5, 0.6) is 0 Å². The molecule has 4 fully saturated rings. The predicted molar refractivity (Wildman–Crippen MR) is 109 cm³/mol. The van der Waals surface area contributed by atoms with E-state index in [0.717, 1.165) is 32.1 Å². The highest BCUT2D eigenvalue weighted by molar-refractivity contribution is 5.82. The first-order valence-corrected chi connectivity index (χ1v) is 11.6. The second-order valence-corrected chi connectivity index (χ2v) is 11.3. The molecular formula is C24H33N3O2. The number of Topliss-reactive ketones (excluding diaryl/α,β-unsaturated/α-hetero) is 1. The molecule has 0 bridgehead atoms. The number of hydrogen-bond donors (Lipinski definition) is 1. The minimum absolute atomic E-state index is 0.0799. The van der Waals surface area contributed by atoms with Crippen LogP contribution in [0.1, 0.15) is 65.2 Å².